The van der Waals surface area contributed by atoms with Crippen molar-refractivity contribution in [3.63, 3.8) is 0 Å². The van der Waals surface area contributed by atoms with Crippen LogP contribution in [0.2, 0.25) is 0 Å². The van der Waals surface area contributed by atoms with Gasteiger partial charge in [0.1, 0.15) is 29.3 Å². The molecule has 2 atom stereocenters. The maximum Gasteiger partial charge on any atom is 0.201 e. The summed E-state index contributed by atoms with van der Waals surface area (Å²) in [6.45, 7) is 3.43. The highest BCUT2D eigenvalue weighted by Crippen LogP contribution is 2.46. The lowest BCUT2D eigenvalue weighted by Gasteiger charge is -2.40. The number of aliphatic hydroxyl groups is 2. The van der Waals surface area contributed by atoms with Crippen molar-refractivity contribution in [3.8, 4) is 11.5 Å². The van der Waals surface area contributed by atoms with Gasteiger partial charge in [-0.15, -0.1) is 0 Å². The minimum atomic E-state index is -1.21. The zero-order valence-corrected chi connectivity index (χ0v) is 17.3. The van der Waals surface area contributed by atoms with Gasteiger partial charge in [0.05, 0.1) is 34.5 Å². The van der Waals surface area contributed by atoms with Crippen molar-refractivity contribution >= 4 is 32.6 Å². The zero-order chi connectivity index (χ0) is 21.4. The molecule has 1 aliphatic heterocycles. The molecule has 1 aromatic heterocycles. The second-order valence-electron chi connectivity index (χ2n) is 8.38. The maximum atomic E-state index is 13.8. The molecule has 0 radical (unpaired) electrons. The number of hydrogen-bond donors (Lipinski definition) is 2. The fraction of sp³-hybridized carbons (Fsp3) is 0.292. The molecule has 0 bridgehead atoms. The van der Waals surface area contributed by atoms with Gasteiger partial charge in [-0.25, -0.2) is 0 Å². The Hall–Kier alpha value is -3.09. The van der Waals surface area contributed by atoms with E-state index < -0.39 is 17.8 Å². The predicted molar refractivity (Wildman–Crippen MR) is 116 cm³/mol. The molecule has 3 aromatic carbocycles. The quantitative estimate of drug-likeness (QED) is 0.375. The number of aliphatic hydroxyl groups excluding tert-OH is 2. The molecule has 0 spiro atoms. The molecular weight excluding hydrogens is 382 g/mol. The predicted octanol–water partition coefficient (Wildman–Crippen LogP) is 3.42. The molecule has 0 fully saturated rings. The number of aryl methyl sites for hydroxylation is 1. The second kappa shape index (κ2) is 6.20. The Morgan fingerprint density at radius 1 is 1.10 bits per heavy atom. The van der Waals surface area contributed by atoms with Crippen molar-refractivity contribution in [2.24, 2.45) is 7.05 Å². The summed E-state index contributed by atoms with van der Waals surface area (Å²) < 4.78 is 13.5. The van der Waals surface area contributed by atoms with E-state index in [0.717, 1.165) is 16.3 Å². The number of aromatic nitrogens is 1. The van der Waals surface area contributed by atoms with Crippen LogP contribution in [0, 0.1) is 0 Å². The third-order valence-electron chi connectivity index (χ3n) is 6.22. The summed E-state index contributed by atoms with van der Waals surface area (Å²) >= 11 is 0. The van der Waals surface area contributed by atoms with Gasteiger partial charge in [-0.05, 0) is 30.7 Å². The van der Waals surface area contributed by atoms with Crippen molar-refractivity contribution in [2.45, 2.75) is 31.7 Å². The minimum Gasteiger partial charge on any atom is -0.496 e. The third kappa shape index (κ3) is 2.35. The average Bonchev–Trinajstić information content (AvgIpc) is 2.73. The van der Waals surface area contributed by atoms with Crippen molar-refractivity contribution in [1.82, 2.24) is 4.57 Å². The second-order valence-corrected chi connectivity index (χ2v) is 8.38. The highest BCUT2D eigenvalue weighted by molar-refractivity contribution is 6.11. The number of hydrogen-bond acceptors (Lipinski definition) is 5. The van der Waals surface area contributed by atoms with E-state index in [1.165, 1.54) is 7.11 Å². The van der Waals surface area contributed by atoms with Crippen LogP contribution in [0.15, 0.2) is 47.3 Å². The van der Waals surface area contributed by atoms with Gasteiger partial charge < -0.3 is 24.3 Å². The van der Waals surface area contributed by atoms with Crippen LogP contribution >= 0.6 is 0 Å². The minimum absolute atomic E-state index is 0.180. The molecule has 2 heterocycles. The molecule has 4 aromatic rings. The normalized spacial score (nSPS) is 20.3. The van der Waals surface area contributed by atoms with Gasteiger partial charge in [0.25, 0.3) is 0 Å². The molecular formula is C24H23NO5. The van der Waals surface area contributed by atoms with Crippen molar-refractivity contribution in [3.05, 3.63) is 58.3 Å². The summed E-state index contributed by atoms with van der Waals surface area (Å²) in [5.41, 5.74) is 0.456. The van der Waals surface area contributed by atoms with E-state index in [9.17, 15) is 15.0 Å². The fourth-order valence-electron chi connectivity index (χ4n) is 4.64. The SMILES string of the molecule is COc1cc2c(c3c1c(=O)c1c4ccccc4ccc1n3C)[C@@H](O)[C@@H](O)C(C)(C)O2. The smallest absolute Gasteiger partial charge is 0.201 e. The van der Waals surface area contributed by atoms with E-state index in [1.807, 2.05) is 48.0 Å². The first-order chi connectivity index (χ1) is 14.3. The van der Waals surface area contributed by atoms with Gasteiger partial charge in [-0.2, -0.15) is 0 Å². The molecule has 0 unspecified atom stereocenters. The summed E-state index contributed by atoms with van der Waals surface area (Å²) in [5.74, 6) is 0.774. The van der Waals surface area contributed by atoms with E-state index in [0.29, 0.717) is 33.4 Å². The van der Waals surface area contributed by atoms with Crippen LogP contribution in [0.5, 0.6) is 11.5 Å². The summed E-state index contributed by atoms with van der Waals surface area (Å²) in [4.78, 5) is 13.8. The molecule has 0 amide bonds. The number of fused-ring (bicyclic) bond motifs is 6. The van der Waals surface area contributed by atoms with Gasteiger partial charge in [-0.1, -0.05) is 30.3 Å². The molecule has 0 saturated heterocycles. The van der Waals surface area contributed by atoms with Crippen LogP contribution in [0.1, 0.15) is 25.5 Å². The van der Waals surface area contributed by atoms with Gasteiger partial charge in [0.15, 0.2) is 0 Å². The van der Waals surface area contributed by atoms with E-state index in [2.05, 4.69) is 0 Å². The number of methoxy groups -OCH3 is 1. The lowest BCUT2D eigenvalue weighted by Crippen LogP contribution is -2.49. The Bertz CT molecular complexity index is 1400. The summed E-state index contributed by atoms with van der Waals surface area (Å²) in [5, 5.41) is 24.4. The Balaban J connectivity index is 2.04. The molecule has 1 aliphatic rings. The Kier molecular flexibility index (Phi) is 3.91. The van der Waals surface area contributed by atoms with Crippen LogP contribution < -0.4 is 14.9 Å². The first-order valence-corrected chi connectivity index (χ1v) is 9.86. The Labute approximate surface area is 172 Å². The Morgan fingerprint density at radius 2 is 1.83 bits per heavy atom. The lowest BCUT2D eigenvalue weighted by atomic mass is 9.86. The molecule has 154 valence electrons. The van der Waals surface area contributed by atoms with Gasteiger partial charge in [-0.3, -0.25) is 4.79 Å². The molecule has 0 aliphatic carbocycles. The van der Waals surface area contributed by atoms with E-state index >= 15 is 0 Å². The van der Waals surface area contributed by atoms with Crippen molar-refractivity contribution < 1.29 is 19.7 Å². The van der Waals surface area contributed by atoms with Crippen LogP contribution in [-0.2, 0) is 7.05 Å². The largest absolute Gasteiger partial charge is 0.496 e. The summed E-state index contributed by atoms with van der Waals surface area (Å²) in [7, 11) is 3.35. The first-order valence-electron chi connectivity index (χ1n) is 9.86. The van der Waals surface area contributed by atoms with Gasteiger partial charge in [0.2, 0.25) is 5.43 Å². The van der Waals surface area contributed by atoms with Gasteiger partial charge in [0, 0.05) is 13.1 Å². The van der Waals surface area contributed by atoms with Crippen LogP contribution in [0.25, 0.3) is 32.6 Å². The third-order valence-corrected chi connectivity index (χ3v) is 6.22. The summed E-state index contributed by atoms with van der Waals surface area (Å²) in [6, 6.07) is 13.3. The average molecular weight is 405 g/mol. The monoisotopic (exact) mass is 405 g/mol. The first kappa shape index (κ1) is 18.9. The van der Waals surface area contributed by atoms with Crippen LogP contribution in [-0.4, -0.2) is 33.6 Å². The number of rotatable bonds is 1. The molecule has 0 saturated carbocycles. The Morgan fingerprint density at radius 3 is 2.57 bits per heavy atom. The van der Waals surface area contributed by atoms with E-state index in [1.54, 1.807) is 19.9 Å². The highest BCUT2D eigenvalue weighted by atomic mass is 16.5. The highest BCUT2D eigenvalue weighted by Gasteiger charge is 2.44. The number of benzene rings is 3. The zero-order valence-electron chi connectivity index (χ0n) is 17.3. The number of ether oxygens (including phenoxy) is 2. The van der Waals surface area contributed by atoms with Crippen molar-refractivity contribution in [1.29, 1.82) is 0 Å². The van der Waals surface area contributed by atoms with Crippen LogP contribution in [0.3, 0.4) is 0 Å². The molecule has 6 heteroatoms. The maximum absolute atomic E-state index is 13.8. The summed E-state index contributed by atoms with van der Waals surface area (Å²) in [6.07, 6.45) is -2.36. The van der Waals surface area contributed by atoms with E-state index in [4.69, 9.17) is 9.47 Å². The lowest BCUT2D eigenvalue weighted by molar-refractivity contribution is -0.111. The number of pyridine rings is 1. The van der Waals surface area contributed by atoms with Crippen molar-refractivity contribution in [2.75, 3.05) is 7.11 Å². The van der Waals surface area contributed by atoms with Gasteiger partial charge >= 0.3 is 0 Å². The fourth-order valence-corrected chi connectivity index (χ4v) is 4.64. The molecule has 6 nitrogen and oxygen atoms in total. The molecule has 2 N–H and O–H groups in total. The number of nitrogens with zero attached hydrogens (tertiary/aromatic N) is 1. The topological polar surface area (TPSA) is 80.9 Å². The van der Waals surface area contributed by atoms with E-state index in [-0.39, 0.29) is 5.43 Å². The standard InChI is InChI=1S/C24H23NO5/c1-24(2)23(28)22(27)19-16(30-24)11-15(29-4)18-20(19)25(3)14-10-9-12-7-5-6-8-13(12)17(14)21(18)26/h5-11,22-23,27-28H,1-4H3/t22-,23-/m1/s1. The molecule has 5 rings (SSSR count). The molecule has 30 heavy (non-hydrogen) atoms. The van der Waals surface area contributed by atoms with Crippen LogP contribution in [0.4, 0.5) is 0 Å².